The van der Waals surface area contributed by atoms with E-state index in [1.807, 2.05) is 13.8 Å². The number of carbonyl (C=O) groups is 1. The van der Waals surface area contributed by atoms with Crippen LogP contribution in [0, 0.1) is 12.7 Å². The third kappa shape index (κ3) is 3.89. The van der Waals surface area contributed by atoms with Gasteiger partial charge in [0.25, 0.3) is 0 Å². The fourth-order valence-electron chi connectivity index (χ4n) is 3.42. The molecule has 0 N–H and O–H groups in total. The Balaban J connectivity index is 1.87. The van der Waals surface area contributed by atoms with Gasteiger partial charge in [0, 0.05) is 22.5 Å². The maximum atomic E-state index is 14.1. The van der Waals surface area contributed by atoms with Gasteiger partial charge in [-0.15, -0.1) is 0 Å². The first kappa shape index (κ1) is 22.0. The number of hydrogen-bond acceptors (Lipinski definition) is 5. The summed E-state index contributed by atoms with van der Waals surface area (Å²) in [7, 11) is -4.19. The second-order valence-electron chi connectivity index (χ2n) is 7.20. The summed E-state index contributed by atoms with van der Waals surface area (Å²) in [5, 5.41) is 0.460. The summed E-state index contributed by atoms with van der Waals surface area (Å²) in [5.41, 5.74) is 1.62. The van der Waals surface area contributed by atoms with E-state index < -0.39 is 26.3 Å². The quantitative estimate of drug-likeness (QED) is 0.345. The van der Waals surface area contributed by atoms with Crippen molar-refractivity contribution in [1.82, 2.24) is 0 Å². The summed E-state index contributed by atoms with van der Waals surface area (Å²) in [5.74, 6) is -0.704. The average molecular weight is 472 g/mol. The lowest BCUT2D eigenvalue weighted by Gasteiger charge is -2.29. The molecule has 1 aliphatic rings. The number of rotatable bonds is 5. The van der Waals surface area contributed by atoms with Crippen molar-refractivity contribution in [1.29, 1.82) is 0 Å². The fourth-order valence-corrected chi connectivity index (χ4v) is 5.12. The zero-order valence-corrected chi connectivity index (χ0v) is 18.9. The van der Waals surface area contributed by atoms with Gasteiger partial charge in [-0.25, -0.2) is 12.8 Å². The minimum absolute atomic E-state index is 0.105. The Labute approximate surface area is 190 Å². The van der Waals surface area contributed by atoms with Crippen molar-refractivity contribution < 1.29 is 22.3 Å². The number of nitrogens with zero attached hydrogens (tertiary/aromatic N) is 1. The van der Waals surface area contributed by atoms with Gasteiger partial charge in [0.05, 0.1) is 17.2 Å². The van der Waals surface area contributed by atoms with E-state index in [2.05, 4.69) is 0 Å². The highest BCUT2D eigenvalue weighted by Crippen LogP contribution is 2.41. The fraction of sp³-hybridized carbons (Fsp3) is 0.125. The summed E-state index contributed by atoms with van der Waals surface area (Å²) in [6.45, 7) is 4.13. The van der Waals surface area contributed by atoms with Crippen LogP contribution in [0.3, 0.4) is 0 Å². The molecule has 0 bridgehead atoms. The first-order valence-electron chi connectivity index (χ1n) is 9.82. The van der Waals surface area contributed by atoms with Gasteiger partial charge < -0.3 is 9.64 Å². The summed E-state index contributed by atoms with van der Waals surface area (Å²) in [4.78, 5) is 14.1. The van der Waals surface area contributed by atoms with Crippen LogP contribution in [0.4, 0.5) is 15.8 Å². The van der Waals surface area contributed by atoms with Gasteiger partial charge in [-0.3, -0.25) is 4.79 Å². The number of ether oxygens (including phenoxy) is 1. The van der Waals surface area contributed by atoms with Crippen LogP contribution in [0.5, 0.6) is 5.75 Å². The Morgan fingerprint density at radius 2 is 1.78 bits per heavy atom. The molecule has 8 heteroatoms. The number of halogens is 2. The number of sulfone groups is 1. The molecule has 4 rings (SSSR count). The van der Waals surface area contributed by atoms with E-state index in [0.29, 0.717) is 23.1 Å². The molecular formula is C24H19ClFNO4S. The van der Waals surface area contributed by atoms with Gasteiger partial charge in [0.2, 0.25) is 15.6 Å². The summed E-state index contributed by atoms with van der Waals surface area (Å²) in [6, 6.07) is 14.7. The number of benzene rings is 3. The first-order valence-corrected chi connectivity index (χ1v) is 11.7. The van der Waals surface area contributed by atoms with E-state index in [4.69, 9.17) is 16.3 Å². The zero-order valence-electron chi connectivity index (χ0n) is 17.3. The topological polar surface area (TPSA) is 63.7 Å². The van der Waals surface area contributed by atoms with Crippen molar-refractivity contribution in [3.8, 4) is 5.75 Å². The smallest absolute Gasteiger partial charge is 0.214 e. The second kappa shape index (κ2) is 8.41. The van der Waals surface area contributed by atoms with Gasteiger partial charge >= 0.3 is 0 Å². The van der Waals surface area contributed by atoms with Gasteiger partial charge in [0.1, 0.15) is 16.5 Å². The lowest BCUT2D eigenvalue weighted by Crippen LogP contribution is -2.26. The third-order valence-electron chi connectivity index (χ3n) is 5.09. The van der Waals surface area contributed by atoms with Crippen LogP contribution in [0.25, 0.3) is 0 Å². The Hall–Kier alpha value is -3.16. The normalized spacial score (nSPS) is 14.5. The highest BCUT2D eigenvalue weighted by molar-refractivity contribution is 7.96. The number of anilines is 2. The van der Waals surface area contributed by atoms with Crippen molar-refractivity contribution in [3.63, 3.8) is 0 Å². The van der Waals surface area contributed by atoms with E-state index in [1.54, 1.807) is 30.3 Å². The molecule has 0 saturated heterocycles. The Bertz CT molecular complexity index is 1350. The Morgan fingerprint density at radius 3 is 2.44 bits per heavy atom. The molecule has 0 saturated carbocycles. The summed E-state index contributed by atoms with van der Waals surface area (Å²) >= 11 is 6.26. The zero-order chi connectivity index (χ0) is 23.0. The van der Waals surface area contributed by atoms with E-state index in [0.717, 1.165) is 17.7 Å². The van der Waals surface area contributed by atoms with Crippen molar-refractivity contribution in [2.45, 2.75) is 18.7 Å². The minimum Gasteiger partial charge on any atom is -0.494 e. The molecule has 0 aliphatic carbocycles. The summed E-state index contributed by atoms with van der Waals surface area (Å²) < 4.78 is 46.1. The third-order valence-corrected chi connectivity index (χ3v) is 7.29. The Morgan fingerprint density at radius 1 is 1.06 bits per heavy atom. The molecule has 0 atom stereocenters. The van der Waals surface area contributed by atoms with Gasteiger partial charge in [-0.05, 0) is 74.0 Å². The lowest BCUT2D eigenvalue weighted by molar-refractivity contribution is 0.104. The SMILES string of the molecule is CCOc1ccc(C(=O)C2=CN(c3ccc(C)c(Cl)c3)c3cc(F)ccc3S2(=O)=O)cc1. The standard InChI is InChI=1S/C24H19ClFNO4S/c1-3-31-19-9-5-16(6-10-19)24(28)23-14-27(18-8-4-15(2)20(25)13-18)21-12-17(26)7-11-22(21)32(23,29)30/h4-14H,3H2,1-2H3. The number of Topliss-reactive ketones (excluding diaryl/α,β-unsaturated/α-hetero) is 1. The van der Waals surface area contributed by atoms with Crippen molar-refractivity contribution in [2.24, 2.45) is 0 Å². The van der Waals surface area contributed by atoms with E-state index >= 15 is 0 Å². The van der Waals surface area contributed by atoms with Crippen LogP contribution in [0.15, 0.2) is 76.7 Å². The Kier molecular flexibility index (Phi) is 5.79. The van der Waals surface area contributed by atoms with Crippen LogP contribution in [-0.4, -0.2) is 20.8 Å². The minimum atomic E-state index is -4.19. The molecule has 1 aliphatic heterocycles. The van der Waals surface area contributed by atoms with Crippen LogP contribution in [0.1, 0.15) is 22.8 Å². The number of carbonyl (C=O) groups excluding carboxylic acids is 1. The molecular weight excluding hydrogens is 453 g/mol. The number of ketones is 1. The van der Waals surface area contributed by atoms with Crippen LogP contribution >= 0.6 is 11.6 Å². The maximum Gasteiger partial charge on any atom is 0.214 e. The molecule has 3 aromatic carbocycles. The highest BCUT2D eigenvalue weighted by Gasteiger charge is 2.36. The molecule has 0 fully saturated rings. The molecule has 0 amide bonds. The van der Waals surface area contributed by atoms with Gasteiger partial charge in [-0.2, -0.15) is 0 Å². The maximum absolute atomic E-state index is 14.1. The summed E-state index contributed by atoms with van der Waals surface area (Å²) in [6.07, 6.45) is 1.22. The predicted octanol–water partition coefficient (Wildman–Crippen LogP) is 5.84. The molecule has 0 spiro atoms. The number of allylic oxidation sites excluding steroid dienone is 1. The predicted molar refractivity (Wildman–Crippen MR) is 122 cm³/mol. The second-order valence-corrected chi connectivity index (χ2v) is 9.49. The molecule has 164 valence electrons. The van der Waals surface area contributed by atoms with Gasteiger partial charge in [0.15, 0.2) is 0 Å². The largest absolute Gasteiger partial charge is 0.494 e. The molecule has 0 unspecified atom stereocenters. The molecule has 1 heterocycles. The van der Waals surface area contributed by atoms with Gasteiger partial charge in [-0.1, -0.05) is 17.7 Å². The molecule has 0 radical (unpaired) electrons. The van der Waals surface area contributed by atoms with Crippen LogP contribution < -0.4 is 9.64 Å². The number of aryl methyl sites for hydroxylation is 1. The van der Waals surface area contributed by atoms with Crippen molar-refractivity contribution >= 4 is 38.6 Å². The monoisotopic (exact) mass is 471 g/mol. The van der Waals surface area contributed by atoms with Crippen LogP contribution in [0.2, 0.25) is 5.02 Å². The highest BCUT2D eigenvalue weighted by atomic mass is 35.5. The average Bonchev–Trinajstić information content (AvgIpc) is 2.76. The van der Waals surface area contributed by atoms with E-state index in [9.17, 15) is 17.6 Å². The number of fused-ring (bicyclic) bond motifs is 1. The van der Waals surface area contributed by atoms with E-state index in [1.165, 1.54) is 29.3 Å². The van der Waals surface area contributed by atoms with Crippen molar-refractivity contribution in [2.75, 3.05) is 11.5 Å². The van der Waals surface area contributed by atoms with E-state index in [-0.39, 0.29) is 16.1 Å². The van der Waals surface area contributed by atoms with Crippen molar-refractivity contribution in [3.05, 3.63) is 93.7 Å². The number of hydrogen-bond donors (Lipinski definition) is 0. The first-order chi connectivity index (χ1) is 15.2. The lowest BCUT2D eigenvalue weighted by atomic mass is 10.1. The molecule has 5 nitrogen and oxygen atoms in total. The molecule has 0 aromatic heterocycles. The molecule has 3 aromatic rings. The molecule has 32 heavy (non-hydrogen) atoms. The van der Waals surface area contributed by atoms with Crippen LogP contribution in [-0.2, 0) is 9.84 Å².